The molecule has 0 aliphatic carbocycles. The molecule has 1 aromatic carbocycles. The SMILES string of the molecule is NCC(OCCCO)c1ccc(Br)c(Br)c1. The molecule has 3 N–H and O–H groups in total. The van der Waals surface area contributed by atoms with Crippen molar-refractivity contribution in [1.82, 2.24) is 0 Å². The number of hydrogen-bond donors (Lipinski definition) is 2. The summed E-state index contributed by atoms with van der Waals surface area (Å²) in [4.78, 5) is 0. The van der Waals surface area contributed by atoms with Crippen LogP contribution in [0.3, 0.4) is 0 Å². The number of benzene rings is 1. The van der Waals surface area contributed by atoms with Gasteiger partial charge in [-0.05, 0) is 56.0 Å². The third-order valence-electron chi connectivity index (χ3n) is 2.15. The minimum absolute atomic E-state index is 0.115. The van der Waals surface area contributed by atoms with E-state index in [9.17, 15) is 0 Å². The van der Waals surface area contributed by atoms with Crippen LogP contribution in [0.15, 0.2) is 27.1 Å². The lowest BCUT2D eigenvalue weighted by atomic mass is 10.1. The standard InChI is InChI=1S/C11H15Br2NO2/c12-9-3-2-8(6-10(9)13)11(7-14)16-5-1-4-15/h2-3,6,11,15H,1,4-5,7,14H2. The highest BCUT2D eigenvalue weighted by Crippen LogP contribution is 2.27. The molecule has 90 valence electrons. The Labute approximate surface area is 112 Å². The first-order chi connectivity index (χ1) is 7.69. The molecule has 0 aliphatic rings. The fraction of sp³-hybridized carbons (Fsp3) is 0.455. The van der Waals surface area contributed by atoms with Gasteiger partial charge in [0.1, 0.15) is 0 Å². The topological polar surface area (TPSA) is 55.5 Å². The summed E-state index contributed by atoms with van der Waals surface area (Å²) >= 11 is 6.85. The van der Waals surface area contributed by atoms with Crippen LogP contribution in [0.4, 0.5) is 0 Å². The maximum absolute atomic E-state index is 8.68. The van der Waals surface area contributed by atoms with Crippen molar-refractivity contribution in [3.8, 4) is 0 Å². The lowest BCUT2D eigenvalue weighted by Crippen LogP contribution is -2.16. The molecule has 0 fully saturated rings. The lowest BCUT2D eigenvalue weighted by Gasteiger charge is -2.16. The normalized spacial score (nSPS) is 12.8. The van der Waals surface area contributed by atoms with E-state index < -0.39 is 0 Å². The molecular weight excluding hydrogens is 338 g/mol. The smallest absolute Gasteiger partial charge is 0.0947 e. The van der Waals surface area contributed by atoms with E-state index in [1.54, 1.807) is 0 Å². The molecule has 1 unspecified atom stereocenters. The molecule has 0 aromatic heterocycles. The molecule has 0 amide bonds. The molecule has 1 aromatic rings. The van der Waals surface area contributed by atoms with E-state index in [4.69, 9.17) is 15.6 Å². The van der Waals surface area contributed by atoms with Crippen molar-refractivity contribution in [3.63, 3.8) is 0 Å². The summed E-state index contributed by atoms with van der Waals surface area (Å²) in [5, 5.41) is 8.68. The molecule has 0 radical (unpaired) electrons. The van der Waals surface area contributed by atoms with Crippen molar-refractivity contribution >= 4 is 31.9 Å². The van der Waals surface area contributed by atoms with Crippen molar-refractivity contribution in [2.75, 3.05) is 19.8 Å². The summed E-state index contributed by atoms with van der Waals surface area (Å²) < 4.78 is 7.57. The Morgan fingerprint density at radius 3 is 2.62 bits per heavy atom. The second-order valence-electron chi connectivity index (χ2n) is 3.35. The maximum atomic E-state index is 8.68. The average molecular weight is 353 g/mol. The molecule has 0 heterocycles. The van der Waals surface area contributed by atoms with Crippen LogP contribution in [0, 0.1) is 0 Å². The molecular formula is C11H15Br2NO2. The first-order valence-electron chi connectivity index (χ1n) is 5.06. The minimum Gasteiger partial charge on any atom is -0.396 e. The Hall–Kier alpha value is 0.0600. The number of ether oxygens (including phenoxy) is 1. The van der Waals surface area contributed by atoms with Gasteiger partial charge in [0, 0.05) is 28.7 Å². The third-order valence-corrected chi connectivity index (χ3v) is 4.03. The predicted molar refractivity (Wildman–Crippen MR) is 71.3 cm³/mol. The summed E-state index contributed by atoms with van der Waals surface area (Å²) in [6, 6.07) is 5.92. The number of rotatable bonds is 6. The molecule has 16 heavy (non-hydrogen) atoms. The van der Waals surface area contributed by atoms with E-state index in [1.165, 1.54) is 0 Å². The van der Waals surface area contributed by atoms with Crippen LogP contribution >= 0.6 is 31.9 Å². The number of aliphatic hydroxyl groups is 1. The molecule has 0 spiro atoms. The van der Waals surface area contributed by atoms with Gasteiger partial charge >= 0.3 is 0 Å². The Morgan fingerprint density at radius 2 is 2.06 bits per heavy atom. The summed E-state index contributed by atoms with van der Waals surface area (Å²) in [5.74, 6) is 0. The summed E-state index contributed by atoms with van der Waals surface area (Å²) in [6.07, 6.45) is 0.518. The molecule has 0 saturated carbocycles. The lowest BCUT2D eigenvalue weighted by molar-refractivity contribution is 0.0488. The van der Waals surface area contributed by atoms with Crippen molar-refractivity contribution in [1.29, 1.82) is 0 Å². The van der Waals surface area contributed by atoms with E-state index in [2.05, 4.69) is 31.9 Å². The molecule has 3 nitrogen and oxygen atoms in total. The minimum atomic E-state index is -0.115. The molecule has 0 saturated heterocycles. The summed E-state index contributed by atoms with van der Waals surface area (Å²) in [6.45, 7) is 1.09. The second-order valence-corrected chi connectivity index (χ2v) is 5.05. The van der Waals surface area contributed by atoms with Crippen molar-refractivity contribution in [2.45, 2.75) is 12.5 Å². The zero-order valence-corrected chi connectivity index (χ0v) is 12.0. The van der Waals surface area contributed by atoms with E-state index in [-0.39, 0.29) is 12.7 Å². The van der Waals surface area contributed by atoms with Gasteiger partial charge in [-0.3, -0.25) is 0 Å². The van der Waals surface area contributed by atoms with Crippen LogP contribution in [0.5, 0.6) is 0 Å². The Balaban J connectivity index is 2.67. The summed E-state index contributed by atoms with van der Waals surface area (Å²) in [5.41, 5.74) is 6.70. The average Bonchev–Trinajstić information content (AvgIpc) is 2.29. The molecule has 0 bridgehead atoms. The third kappa shape index (κ3) is 4.14. The van der Waals surface area contributed by atoms with Crippen LogP contribution in [0.2, 0.25) is 0 Å². The van der Waals surface area contributed by atoms with Crippen molar-refractivity contribution in [2.24, 2.45) is 5.73 Å². The van der Waals surface area contributed by atoms with Crippen LogP contribution in [-0.4, -0.2) is 24.9 Å². The van der Waals surface area contributed by atoms with E-state index in [0.29, 0.717) is 19.6 Å². The molecule has 1 rings (SSSR count). The van der Waals surface area contributed by atoms with Gasteiger partial charge in [-0.15, -0.1) is 0 Å². The van der Waals surface area contributed by atoms with Crippen molar-refractivity contribution in [3.05, 3.63) is 32.7 Å². The first-order valence-corrected chi connectivity index (χ1v) is 6.65. The van der Waals surface area contributed by atoms with Crippen LogP contribution in [0.1, 0.15) is 18.1 Å². The second kappa shape index (κ2) is 7.40. The van der Waals surface area contributed by atoms with E-state index in [0.717, 1.165) is 14.5 Å². The molecule has 1 atom stereocenters. The Morgan fingerprint density at radius 1 is 1.31 bits per heavy atom. The van der Waals surface area contributed by atoms with Gasteiger partial charge in [-0.1, -0.05) is 6.07 Å². The van der Waals surface area contributed by atoms with Crippen LogP contribution in [-0.2, 0) is 4.74 Å². The fourth-order valence-corrected chi connectivity index (χ4v) is 1.95. The fourth-order valence-electron chi connectivity index (χ4n) is 1.30. The first kappa shape index (κ1) is 14.1. The monoisotopic (exact) mass is 351 g/mol. The zero-order chi connectivity index (χ0) is 12.0. The highest BCUT2D eigenvalue weighted by Gasteiger charge is 2.11. The van der Waals surface area contributed by atoms with Crippen LogP contribution in [0.25, 0.3) is 0 Å². The number of hydrogen-bond acceptors (Lipinski definition) is 3. The highest BCUT2D eigenvalue weighted by atomic mass is 79.9. The Bertz CT molecular complexity index is 334. The van der Waals surface area contributed by atoms with Gasteiger partial charge in [0.05, 0.1) is 6.10 Å². The predicted octanol–water partition coefficient (Wildman–Crippen LogP) is 2.61. The molecule has 0 aliphatic heterocycles. The Kier molecular flexibility index (Phi) is 6.53. The van der Waals surface area contributed by atoms with Gasteiger partial charge < -0.3 is 15.6 Å². The van der Waals surface area contributed by atoms with Gasteiger partial charge in [0.25, 0.3) is 0 Å². The number of halogens is 2. The number of nitrogens with two attached hydrogens (primary N) is 1. The number of aliphatic hydroxyl groups excluding tert-OH is 1. The van der Waals surface area contributed by atoms with Crippen molar-refractivity contribution < 1.29 is 9.84 Å². The van der Waals surface area contributed by atoms with Gasteiger partial charge in [0.2, 0.25) is 0 Å². The maximum Gasteiger partial charge on any atom is 0.0947 e. The zero-order valence-electron chi connectivity index (χ0n) is 8.83. The van der Waals surface area contributed by atoms with Gasteiger partial charge in [0.15, 0.2) is 0 Å². The summed E-state index contributed by atoms with van der Waals surface area (Å²) in [7, 11) is 0. The van der Waals surface area contributed by atoms with E-state index >= 15 is 0 Å². The quantitative estimate of drug-likeness (QED) is 0.774. The van der Waals surface area contributed by atoms with E-state index in [1.807, 2.05) is 18.2 Å². The van der Waals surface area contributed by atoms with Crippen LogP contribution < -0.4 is 5.73 Å². The van der Waals surface area contributed by atoms with Gasteiger partial charge in [-0.25, -0.2) is 0 Å². The highest BCUT2D eigenvalue weighted by molar-refractivity contribution is 9.13. The van der Waals surface area contributed by atoms with Gasteiger partial charge in [-0.2, -0.15) is 0 Å². The molecule has 5 heteroatoms. The largest absolute Gasteiger partial charge is 0.396 e.